The van der Waals surface area contributed by atoms with Crippen molar-refractivity contribution < 1.29 is 0 Å². The summed E-state index contributed by atoms with van der Waals surface area (Å²) in [6.45, 7) is 4.74. The van der Waals surface area contributed by atoms with Crippen LogP contribution in [0.2, 0.25) is 0 Å². The van der Waals surface area contributed by atoms with Crippen LogP contribution in [0.1, 0.15) is 33.1 Å². The first kappa shape index (κ1) is 5.52. The molecule has 0 aliphatic heterocycles. The second kappa shape index (κ2) is 1.62. The number of hydrogen-bond donors (Lipinski definition) is 0. The van der Waals surface area contributed by atoms with Crippen LogP contribution in [-0.2, 0) is 0 Å². The molecular weight excluding hydrogens is 108 g/mol. The van der Waals surface area contributed by atoms with Gasteiger partial charge in [0.05, 0.1) is 0 Å². The fourth-order valence-corrected chi connectivity index (χ4v) is 2.34. The van der Waals surface area contributed by atoms with Crippen molar-refractivity contribution in [3.8, 4) is 0 Å². The second-order valence-electron chi connectivity index (χ2n) is 3.48. The van der Waals surface area contributed by atoms with Crippen molar-refractivity contribution >= 4 is 0 Å². The summed E-state index contributed by atoms with van der Waals surface area (Å²) in [7, 11) is 0. The van der Waals surface area contributed by atoms with Gasteiger partial charge in [0, 0.05) is 0 Å². The minimum absolute atomic E-state index is 0.933. The molecule has 2 atom stereocenters. The normalized spacial score (nSPS) is 40.7. The molecule has 2 aliphatic rings. The molecule has 2 aliphatic carbocycles. The lowest BCUT2D eigenvalue weighted by Gasteiger charge is -2.34. The third-order valence-electron chi connectivity index (χ3n) is 3.15. The van der Waals surface area contributed by atoms with Crippen LogP contribution in [0.25, 0.3) is 0 Å². The molecule has 0 fully saturated rings. The summed E-state index contributed by atoms with van der Waals surface area (Å²) < 4.78 is 0. The Hall–Kier alpha value is -0.260. The summed E-state index contributed by atoms with van der Waals surface area (Å²) in [4.78, 5) is 0. The molecule has 0 saturated heterocycles. The summed E-state index contributed by atoms with van der Waals surface area (Å²) >= 11 is 0. The van der Waals surface area contributed by atoms with E-state index in [-0.39, 0.29) is 0 Å². The Morgan fingerprint density at radius 2 is 1.44 bits per heavy atom. The quantitative estimate of drug-likeness (QED) is 0.433. The van der Waals surface area contributed by atoms with Gasteiger partial charge in [-0.25, -0.2) is 0 Å². The summed E-state index contributed by atoms with van der Waals surface area (Å²) in [6, 6.07) is 0. The van der Waals surface area contributed by atoms with Crippen molar-refractivity contribution in [2.24, 2.45) is 11.8 Å². The maximum atomic E-state index is 2.37. The molecule has 0 aromatic rings. The fraction of sp³-hybridized carbons (Fsp3) is 0.778. The minimum Gasteiger partial charge on any atom is -0.0673 e. The summed E-state index contributed by atoms with van der Waals surface area (Å²) in [5.74, 6) is 1.87. The average molecular weight is 122 g/mol. The molecule has 0 spiro atoms. The van der Waals surface area contributed by atoms with Gasteiger partial charge in [0.25, 0.3) is 0 Å². The topological polar surface area (TPSA) is 0 Å². The molecule has 0 nitrogen and oxygen atoms in total. The van der Waals surface area contributed by atoms with Crippen LogP contribution in [0.3, 0.4) is 0 Å². The largest absolute Gasteiger partial charge is 0.0673 e. The molecule has 0 unspecified atom stereocenters. The lowest BCUT2D eigenvalue weighted by atomic mass is 9.71. The summed E-state index contributed by atoms with van der Waals surface area (Å²) in [6.07, 6.45) is 4.28. The fourth-order valence-electron chi connectivity index (χ4n) is 2.34. The Balaban J connectivity index is 2.26. The van der Waals surface area contributed by atoms with E-state index in [2.05, 4.69) is 13.8 Å². The van der Waals surface area contributed by atoms with Crippen LogP contribution in [0.15, 0.2) is 11.1 Å². The van der Waals surface area contributed by atoms with Crippen LogP contribution in [0.4, 0.5) is 0 Å². The molecule has 0 bridgehead atoms. The van der Waals surface area contributed by atoms with Crippen LogP contribution in [-0.4, -0.2) is 0 Å². The molecule has 0 radical (unpaired) electrons. The van der Waals surface area contributed by atoms with E-state index in [9.17, 15) is 0 Å². The first-order valence-corrected chi connectivity index (χ1v) is 4.02. The van der Waals surface area contributed by atoms with Crippen LogP contribution in [0, 0.1) is 11.8 Å². The first-order chi connectivity index (χ1) is 4.30. The number of rotatable bonds is 0. The smallest absolute Gasteiger partial charge is 0.0166 e. The highest BCUT2D eigenvalue weighted by molar-refractivity contribution is 5.34. The van der Waals surface area contributed by atoms with Gasteiger partial charge in [-0.15, -0.1) is 0 Å². The van der Waals surface area contributed by atoms with Crippen molar-refractivity contribution in [2.75, 3.05) is 0 Å². The van der Waals surface area contributed by atoms with E-state index in [1.54, 1.807) is 0 Å². The third-order valence-corrected chi connectivity index (χ3v) is 3.15. The predicted molar refractivity (Wildman–Crippen MR) is 39.2 cm³/mol. The number of allylic oxidation sites excluding steroid dienone is 2. The van der Waals surface area contributed by atoms with Crippen molar-refractivity contribution in [3.63, 3.8) is 0 Å². The lowest BCUT2D eigenvalue weighted by molar-refractivity contribution is 0.426. The highest BCUT2D eigenvalue weighted by Crippen LogP contribution is 2.49. The Kier molecular flexibility index (Phi) is 0.992. The first-order valence-electron chi connectivity index (χ1n) is 4.02. The Bertz CT molecular complexity index is 147. The van der Waals surface area contributed by atoms with Gasteiger partial charge in [-0.3, -0.25) is 0 Å². The van der Waals surface area contributed by atoms with Gasteiger partial charge in [0.2, 0.25) is 0 Å². The molecular formula is C9H14. The van der Waals surface area contributed by atoms with Crippen LogP contribution >= 0.6 is 0 Å². The molecule has 0 heterocycles. The number of hydrogen-bond acceptors (Lipinski definition) is 0. The zero-order valence-electron chi connectivity index (χ0n) is 6.28. The predicted octanol–water partition coefficient (Wildman–Crippen LogP) is 2.75. The monoisotopic (exact) mass is 122 g/mol. The molecule has 50 valence electrons. The standard InChI is InChI=1S/C9H14/c1-6-7(2)9-5-3-4-8(6)9/h6-7H,3-5H2,1-2H3/t6-,7-/m0/s1. The van der Waals surface area contributed by atoms with Gasteiger partial charge in [-0.05, 0) is 31.1 Å². The summed E-state index contributed by atoms with van der Waals surface area (Å²) in [5, 5.41) is 0. The minimum atomic E-state index is 0.933. The van der Waals surface area contributed by atoms with Crippen molar-refractivity contribution in [1.82, 2.24) is 0 Å². The Morgan fingerprint density at radius 3 is 1.89 bits per heavy atom. The van der Waals surface area contributed by atoms with E-state index in [1.807, 2.05) is 11.1 Å². The highest BCUT2D eigenvalue weighted by Gasteiger charge is 2.35. The molecule has 9 heavy (non-hydrogen) atoms. The molecule has 0 heteroatoms. The zero-order valence-corrected chi connectivity index (χ0v) is 6.28. The average Bonchev–Trinajstić information content (AvgIpc) is 2.30. The summed E-state index contributed by atoms with van der Waals surface area (Å²) in [5.41, 5.74) is 3.62. The Labute approximate surface area is 57.0 Å². The maximum Gasteiger partial charge on any atom is -0.0166 e. The molecule has 0 saturated carbocycles. The zero-order chi connectivity index (χ0) is 6.43. The second-order valence-corrected chi connectivity index (χ2v) is 3.48. The van der Waals surface area contributed by atoms with E-state index < -0.39 is 0 Å². The molecule has 0 aromatic heterocycles. The molecule has 0 N–H and O–H groups in total. The van der Waals surface area contributed by atoms with E-state index in [0.717, 1.165) is 11.8 Å². The van der Waals surface area contributed by atoms with Crippen molar-refractivity contribution in [3.05, 3.63) is 11.1 Å². The van der Waals surface area contributed by atoms with E-state index >= 15 is 0 Å². The van der Waals surface area contributed by atoms with E-state index in [1.165, 1.54) is 19.3 Å². The van der Waals surface area contributed by atoms with Gasteiger partial charge >= 0.3 is 0 Å². The molecule has 0 aromatic carbocycles. The van der Waals surface area contributed by atoms with Crippen LogP contribution < -0.4 is 0 Å². The third kappa shape index (κ3) is 0.540. The van der Waals surface area contributed by atoms with E-state index in [0.29, 0.717) is 0 Å². The maximum absolute atomic E-state index is 2.37. The SMILES string of the molecule is C[C@@H]1C2=C(CCC2)[C@H]1C. The van der Waals surface area contributed by atoms with Crippen molar-refractivity contribution in [1.29, 1.82) is 0 Å². The highest BCUT2D eigenvalue weighted by atomic mass is 14.4. The molecule has 2 rings (SSSR count). The van der Waals surface area contributed by atoms with Crippen LogP contribution in [0.5, 0.6) is 0 Å². The van der Waals surface area contributed by atoms with E-state index in [4.69, 9.17) is 0 Å². The van der Waals surface area contributed by atoms with Gasteiger partial charge in [0.15, 0.2) is 0 Å². The van der Waals surface area contributed by atoms with Gasteiger partial charge in [-0.1, -0.05) is 25.0 Å². The van der Waals surface area contributed by atoms with Crippen molar-refractivity contribution in [2.45, 2.75) is 33.1 Å². The molecule has 0 amide bonds. The lowest BCUT2D eigenvalue weighted by Crippen LogP contribution is -2.22. The van der Waals surface area contributed by atoms with Gasteiger partial charge in [-0.2, -0.15) is 0 Å². The van der Waals surface area contributed by atoms with Gasteiger partial charge in [0.1, 0.15) is 0 Å². The van der Waals surface area contributed by atoms with Gasteiger partial charge < -0.3 is 0 Å². The Morgan fingerprint density at radius 1 is 1.00 bits per heavy atom.